The Morgan fingerprint density at radius 3 is 2.19 bits per heavy atom. The van der Waals surface area contributed by atoms with Gasteiger partial charge in [-0.15, -0.1) is 0 Å². The number of hydrogen-bond acceptors (Lipinski definition) is 4. The molecule has 1 amide bonds. The highest BCUT2D eigenvalue weighted by molar-refractivity contribution is 7.89. The van der Waals surface area contributed by atoms with Crippen LogP contribution in [0.2, 0.25) is 0 Å². The van der Waals surface area contributed by atoms with E-state index in [0.717, 1.165) is 68.4 Å². The van der Waals surface area contributed by atoms with Crippen LogP contribution in [0.25, 0.3) is 6.08 Å². The minimum atomic E-state index is -3.80. The number of sulfonamides is 1. The molecule has 1 saturated carbocycles. The Bertz CT molecular complexity index is 1170. The molecule has 1 aliphatic heterocycles. The number of rotatable bonds is 8. The second-order valence-corrected chi connectivity index (χ2v) is 12.4. The molecule has 0 spiro atoms. The first-order valence-electron chi connectivity index (χ1n) is 13.6. The summed E-state index contributed by atoms with van der Waals surface area (Å²) < 4.78 is 29.6. The van der Waals surface area contributed by atoms with Gasteiger partial charge in [0, 0.05) is 38.8 Å². The van der Waals surface area contributed by atoms with Gasteiger partial charge in [0.15, 0.2) is 0 Å². The molecule has 0 bridgehead atoms. The zero-order valence-electron chi connectivity index (χ0n) is 22.5. The molecule has 6 nitrogen and oxygen atoms in total. The third-order valence-electron chi connectivity index (χ3n) is 7.64. The number of amides is 1. The summed E-state index contributed by atoms with van der Waals surface area (Å²) in [6.07, 6.45) is 9.06. The number of nitrogens with zero attached hydrogens (tertiary/aromatic N) is 3. The summed E-state index contributed by atoms with van der Waals surface area (Å²) in [5.41, 5.74) is 3.73. The molecule has 2 aliphatic rings. The van der Waals surface area contributed by atoms with E-state index in [-0.39, 0.29) is 18.5 Å². The molecule has 200 valence electrons. The van der Waals surface area contributed by atoms with E-state index >= 15 is 0 Å². The Morgan fingerprint density at radius 2 is 1.57 bits per heavy atom. The predicted octanol–water partition coefficient (Wildman–Crippen LogP) is 4.79. The van der Waals surface area contributed by atoms with Crippen molar-refractivity contribution in [3.63, 3.8) is 0 Å². The van der Waals surface area contributed by atoms with Crippen LogP contribution in [-0.2, 0) is 14.8 Å². The van der Waals surface area contributed by atoms with E-state index in [1.54, 1.807) is 0 Å². The Balaban J connectivity index is 1.43. The molecule has 0 N–H and O–H groups in total. The van der Waals surface area contributed by atoms with Crippen molar-refractivity contribution in [3.05, 3.63) is 70.8 Å². The largest absolute Gasteiger partial charge is 0.339 e. The van der Waals surface area contributed by atoms with E-state index in [1.165, 1.54) is 9.87 Å². The average Bonchev–Trinajstić information content (AvgIpc) is 2.88. The van der Waals surface area contributed by atoms with Crippen molar-refractivity contribution in [1.29, 1.82) is 0 Å². The van der Waals surface area contributed by atoms with Crippen LogP contribution in [0.1, 0.15) is 54.4 Å². The molecule has 2 aromatic carbocycles. The van der Waals surface area contributed by atoms with E-state index in [4.69, 9.17) is 0 Å². The molecule has 1 saturated heterocycles. The lowest BCUT2D eigenvalue weighted by Gasteiger charge is -2.37. The summed E-state index contributed by atoms with van der Waals surface area (Å²) in [4.78, 5) is 18.0. The van der Waals surface area contributed by atoms with Crippen LogP contribution in [0.15, 0.2) is 53.4 Å². The standard InChI is InChI=1S/C30H41N3O3S/c1-24-21-25(2)30(26(3)22-24)37(35,36)33(28-14-8-5-9-15-28)23-29(34)32-19-17-31(18-20-32)16-10-13-27-11-6-4-7-12-27/h4,6-7,10-13,21-22,28H,5,8-9,14-20,23H2,1-3H3/b13-10+. The summed E-state index contributed by atoms with van der Waals surface area (Å²) in [6.45, 7) is 9.29. The van der Waals surface area contributed by atoms with Crippen LogP contribution >= 0.6 is 0 Å². The minimum Gasteiger partial charge on any atom is -0.339 e. The number of carbonyl (C=O) groups is 1. The topological polar surface area (TPSA) is 60.9 Å². The van der Waals surface area contributed by atoms with Crippen molar-refractivity contribution >= 4 is 22.0 Å². The average molecular weight is 524 g/mol. The van der Waals surface area contributed by atoms with Crippen LogP contribution in [0.3, 0.4) is 0 Å². The minimum absolute atomic E-state index is 0.0757. The van der Waals surface area contributed by atoms with Gasteiger partial charge in [0.25, 0.3) is 0 Å². The SMILES string of the molecule is Cc1cc(C)c(S(=O)(=O)N(CC(=O)N2CCN(C/C=C/c3ccccc3)CC2)C2CCCCC2)c(C)c1. The molecule has 0 aromatic heterocycles. The molecule has 0 atom stereocenters. The summed E-state index contributed by atoms with van der Waals surface area (Å²) >= 11 is 0. The van der Waals surface area contributed by atoms with Gasteiger partial charge in [0.1, 0.15) is 0 Å². The van der Waals surface area contributed by atoms with Gasteiger partial charge in [-0.2, -0.15) is 4.31 Å². The maximum absolute atomic E-state index is 14.0. The Hall–Kier alpha value is -2.48. The first-order valence-corrected chi connectivity index (χ1v) is 15.0. The summed E-state index contributed by atoms with van der Waals surface area (Å²) in [7, 11) is -3.80. The van der Waals surface area contributed by atoms with Crippen LogP contribution in [-0.4, -0.2) is 73.7 Å². The molecule has 37 heavy (non-hydrogen) atoms. The lowest BCUT2D eigenvalue weighted by Crippen LogP contribution is -2.53. The predicted molar refractivity (Wildman–Crippen MR) is 150 cm³/mol. The number of hydrogen-bond donors (Lipinski definition) is 0. The first kappa shape index (κ1) is 27.6. The molecular formula is C30H41N3O3S. The van der Waals surface area contributed by atoms with Crippen LogP contribution < -0.4 is 0 Å². The molecule has 0 radical (unpaired) electrons. The van der Waals surface area contributed by atoms with E-state index in [1.807, 2.05) is 56.0 Å². The third-order valence-corrected chi connectivity index (χ3v) is 9.85. The fourth-order valence-corrected chi connectivity index (χ4v) is 7.84. The molecule has 7 heteroatoms. The van der Waals surface area contributed by atoms with Crippen molar-refractivity contribution in [2.24, 2.45) is 0 Å². The van der Waals surface area contributed by atoms with Gasteiger partial charge in [-0.25, -0.2) is 8.42 Å². The van der Waals surface area contributed by atoms with Crippen molar-refractivity contribution in [3.8, 4) is 0 Å². The fraction of sp³-hybridized carbons (Fsp3) is 0.500. The molecule has 2 aromatic rings. The smallest absolute Gasteiger partial charge is 0.244 e. The number of benzene rings is 2. The van der Waals surface area contributed by atoms with Gasteiger partial charge in [0.2, 0.25) is 15.9 Å². The Kier molecular flexibility index (Phi) is 9.22. The summed E-state index contributed by atoms with van der Waals surface area (Å²) in [6, 6.07) is 14.0. The Labute approximate surface area is 223 Å². The molecule has 1 heterocycles. The molecule has 2 fully saturated rings. The number of piperazine rings is 1. The highest BCUT2D eigenvalue weighted by Crippen LogP contribution is 2.31. The molecular weight excluding hydrogens is 482 g/mol. The van der Waals surface area contributed by atoms with Crippen molar-refractivity contribution in [2.45, 2.75) is 63.8 Å². The third kappa shape index (κ3) is 6.89. The van der Waals surface area contributed by atoms with Crippen LogP contribution in [0.5, 0.6) is 0 Å². The number of aryl methyl sites for hydroxylation is 3. The van der Waals surface area contributed by atoms with Gasteiger partial charge in [-0.05, 0) is 50.3 Å². The zero-order chi connectivity index (χ0) is 26.4. The van der Waals surface area contributed by atoms with Gasteiger partial charge in [0.05, 0.1) is 11.4 Å². The lowest BCUT2D eigenvalue weighted by molar-refractivity contribution is -0.133. The highest BCUT2D eigenvalue weighted by atomic mass is 32.2. The molecule has 0 unspecified atom stereocenters. The fourth-order valence-electron chi connectivity index (χ4n) is 5.79. The second-order valence-electron chi connectivity index (χ2n) is 10.6. The quantitative estimate of drug-likeness (QED) is 0.499. The highest BCUT2D eigenvalue weighted by Gasteiger charge is 2.37. The second kappa shape index (κ2) is 12.4. The van der Waals surface area contributed by atoms with E-state index in [9.17, 15) is 13.2 Å². The summed E-state index contributed by atoms with van der Waals surface area (Å²) in [5.74, 6) is -0.0870. The maximum atomic E-state index is 14.0. The monoisotopic (exact) mass is 523 g/mol. The molecule has 4 rings (SSSR count). The van der Waals surface area contributed by atoms with Gasteiger partial charge in [-0.3, -0.25) is 9.69 Å². The normalized spacial score (nSPS) is 18.1. The van der Waals surface area contributed by atoms with Crippen molar-refractivity contribution in [1.82, 2.24) is 14.1 Å². The van der Waals surface area contributed by atoms with E-state index in [0.29, 0.717) is 18.0 Å². The summed E-state index contributed by atoms with van der Waals surface area (Å²) in [5, 5.41) is 0. The van der Waals surface area contributed by atoms with Gasteiger partial charge < -0.3 is 4.90 Å². The number of carbonyl (C=O) groups excluding carboxylic acids is 1. The first-order chi connectivity index (χ1) is 17.8. The maximum Gasteiger partial charge on any atom is 0.244 e. The van der Waals surface area contributed by atoms with Gasteiger partial charge >= 0.3 is 0 Å². The van der Waals surface area contributed by atoms with Crippen LogP contribution in [0, 0.1) is 20.8 Å². The van der Waals surface area contributed by atoms with E-state index < -0.39 is 10.0 Å². The van der Waals surface area contributed by atoms with E-state index in [2.05, 4.69) is 29.2 Å². The van der Waals surface area contributed by atoms with Crippen molar-refractivity contribution in [2.75, 3.05) is 39.3 Å². The Morgan fingerprint density at radius 1 is 0.946 bits per heavy atom. The molecule has 1 aliphatic carbocycles. The van der Waals surface area contributed by atoms with Crippen LogP contribution in [0.4, 0.5) is 0 Å². The zero-order valence-corrected chi connectivity index (χ0v) is 23.3. The van der Waals surface area contributed by atoms with Gasteiger partial charge in [-0.1, -0.05) is 79.4 Å². The lowest BCUT2D eigenvalue weighted by atomic mass is 9.95. The van der Waals surface area contributed by atoms with Crippen molar-refractivity contribution < 1.29 is 13.2 Å².